The van der Waals surface area contributed by atoms with Crippen molar-refractivity contribution in [3.05, 3.63) is 34.3 Å². The second-order valence-electron chi connectivity index (χ2n) is 6.16. The molecule has 0 amide bonds. The summed E-state index contributed by atoms with van der Waals surface area (Å²) in [6, 6.07) is 9.25. The largest absolute Gasteiger partial charge is 0.314 e. The molecule has 1 aromatic rings. The van der Waals surface area contributed by atoms with E-state index in [1.165, 1.54) is 37.8 Å². The van der Waals surface area contributed by atoms with Crippen molar-refractivity contribution < 1.29 is 0 Å². The van der Waals surface area contributed by atoms with Crippen LogP contribution in [0.5, 0.6) is 0 Å². The summed E-state index contributed by atoms with van der Waals surface area (Å²) in [4.78, 5) is 0. The summed E-state index contributed by atoms with van der Waals surface area (Å²) in [6.07, 6.45) is 6.82. The van der Waals surface area contributed by atoms with Crippen LogP contribution < -0.4 is 5.32 Å². The first-order chi connectivity index (χ1) is 9.15. The number of benzene rings is 1. The minimum atomic E-state index is 0.565. The van der Waals surface area contributed by atoms with Gasteiger partial charge in [0.15, 0.2) is 0 Å². The molecule has 0 radical (unpaired) electrons. The highest BCUT2D eigenvalue weighted by atomic mass is 79.9. The van der Waals surface area contributed by atoms with Crippen LogP contribution in [-0.2, 0) is 6.42 Å². The minimum Gasteiger partial charge on any atom is -0.314 e. The van der Waals surface area contributed by atoms with E-state index >= 15 is 0 Å². The fourth-order valence-electron chi connectivity index (χ4n) is 3.10. The molecule has 1 fully saturated rings. The zero-order valence-corrected chi connectivity index (χ0v) is 13.7. The zero-order valence-electron chi connectivity index (χ0n) is 12.2. The molecular weight excluding hydrogens is 298 g/mol. The molecule has 3 unspecified atom stereocenters. The smallest absolute Gasteiger partial charge is 0.0175 e. The lowest BCUT2D eigenvalue weighted by Gasteiger charge is -2.30. The van der Waals surface area contributed by atoms with Crippen LogP contribution in [0.25, 0.3) is 0 Å². The Bertz CT molecular complexity index is 373. The van der Waals surface area contributed by atoms with Gasteiger partial charge in [-0.2, -0.15) is 0 Å². The molecule has 106 valence electrons. The lowest BCUT2D eigenvalue weighted by atomic mass is 9.80. The SMILES string of the molecule is CC(Cc1ccc(Br)cc1)NCC1CCCCC1C. The van der Waals surface area contributed by atoms with E-state index in [1.807, 2.05) is 0 Å². The van der Waals surface area contributed by atoms with Crippen molar-refractivity contribution in [1.82, 2.24) is 5.32 Å². The third kappa shape index (κ3) is 4.92. The van der Waals surface area contributed by atoms with Crippen LogP contribution in [0.1, 0.15) is 45.1 Å². The van der Waals surface area contributed by atoms with E-state index in [0.29, 0.717) is 6.04 Å². The molecule has 1 nitrogen and oxygen atoms in total. The molecule has 0 bridgehead atoms. The number of hydrogen-bond donors (Lipinski definition) is 1. The normalized spacial score (nSPS) is 25.2. The highest BCUT2D eigenvalue weighted by Gasteiger charge is 2.21. The summed E-state index contributed by atoms with van der Waals surface area (Å²) in [6.45, 7) is 5.92. The molecule has 0 spiro atoms. The maximum atomic E-state index is 3.73. The topological polar surface area (TPSA) is 12.0 Å². The van der Waals surface area contributed by atoms with Gasteiger partial charge < -0.3 is 5.32 Å². The van der Waals surface area contributed by atoms with Crippen molar-refractivity contribution in [2.24, 2.45) is 11.8 Å². The summed E-state index contributed by atoms with van der Waals surface area (Å²) in [5.74, 6) is 1.79. The van der Waals surface area contributed by atoms with Crippen LogP contribution in [0.15, 0.2) is 28.7 Å². The first-order valence-corrected chi connectivity index (χ1v) is 8.42. The van der Waals surface area contributed by atoms with Gasteiger partial charge in [0, 0.05) is 10.5 Å². The van der Waals surface area contributed by atoms with Crippen molar-refractivity contribution in [2.45, 2.75) is 52.0 Å². The summed E-state index contributed by atoms with van der Waals surface area (Å²) in [5, 5.41) is 3.73. The summed E-state index contributed by atoms with van der Waals surface area (Å²) in [5.41, 5.74) is 1.42. The van der Waals surface area contributed by atoms with Crippen LogP contribution in [-0.4, -0.2) is 12.6 Å². The standard InChI is InChI=1S/C17H26BrN/c1-13-5-3-4-6-16(13)12-19-14(2)11-15-7-9-17(18)10-8-15/h7-10,13-14,16,19H,3-6,11-12H2,1-2H3. The Balaban J connectivity index is 1.74. The molecule has 0 aromatic heterocycles. The molecule has 0 aliphatic heterocycles. The Morgan fingerprint density at radius 3 is 2.58 bits per heavy atom. The number of halogens is 1. The van der Waals surface area contributed by atoms with Crippen LogP contribution in [0, 0.1) is 11.8 Å². The van der Waals surface area contributed by atoms with E-state index < -0.39 is 0 Å². The molecular formula is C17H26BrN. The molecule has 0 saturated heterocycles. The second-order valence-corrected chi connectivity index (χ2v) is 7.08. The zero-order chi connectivity index (χ0) is 13.7. The van der Waals surface area contributed by atoms with Gasteiger partial charge in [-0.1, -0.05) is 54.2 Å². The van der Waals surface area contributed by atoms with E-state index in [-0.39, 0.29) is 0 Å². The fraction of sp³-hybridized carbons (Fsp3) is 0.647. The predicted molar refractivity (Wildman–Crippen MR) is 86.4 cm³/mol. The van der Waals surface area contributed by atoms with Gasteiger partial charge in [0.05, 0.1) is 0 Å². The monoisotopic (exact) mass is 323 g/mol. The molecule has 1 aliphatic rings. The Hall–Kier alpha value is -0.340. The molecule has 19 heavy (non-hydrogen) atoms. The lowest BCUT2D eigenvalue weighted by molar-refractivity contribution is 0.242. The number of rotatable bonds is 5. The van der Waals surface area contributed by atoms with E-state index in [4.69, 9.17) is 0 Å². The van der Waals surface area contributed by atoms with Gasteiger partial charge in [0.1, 0.15) is 0 Å². The fourth-order valence-corrected chi connectivity index (χ4v) is 3.36. The maximum Gasteiger partial charge on any atom is 0.0175 e. The van der Waals surface area contributed by atoms with Crippen molar-refractivity contribution >= 4 is 15.9 Å². The van der Waals surface area contributed by atoms with Crippen LogP contribution >= 0.6 is 15.9 Å². The van der Waals surface area contributed by atoms with Crippen molar-refractivity contribution in [2.75, 3.05) is 6.54 Å². The van der Waals surface area contributed by atoms with E-state index in [1.54, 1.807) is 0 Å². The second kappa shape index (κ2) is 7.44. The van der Waals surface area contributed by atoms with Crippen LogP contribution in [0.3, 0.4) is 0 Å². The molecule has 1 N–H and O–H groups in total. The van der Waals surface area contributed by atoms with Gasteiger partial charge in [-0.05, 0) is 55.8 Å². The molecule has 3 atom stereocenters. The molecule has 1 aromatic carbocycles. The molecule has 1 saturated carbocycles. The molecule has 2 heteroatoms. The Morgan fingerprint density at radius 2 is 1.89 bits per heavy atom. The predicted octanol–water partition coefficient (Wildman–Crippen LogP) is 4.80. The van der Waals surface area contributed by atoms with Gasteiger partial charge in [0.2, 0.25) is 0 Å². The van der Waals surface area contributed by atoms with E-state index in [0.717, 1.165) is 22.7 Å². The number of nitrogens with one attached hydrogen (secondary N) is 1. The van der Waals surface area contributed by atoms with E-state index in [9.17, 15) is 0 Å². The quantitative estimate of drug-likeness (QED) is 0.821. The van der Waals surface area contributed by atoms with Crippen molar-refractivity contribution in [3.63, 3.8) is 0 Å². The average Bonchev–Trinajstić information content (AvgIpc) is 2.40. The van der Waals surface area contributed by atoms with Gasteiger partial charge in [-0.25, -0.2) is 0 Å². The number of hydrogen-bond acceptors (Lipinski definition) is 1. The minimum absolute atomic E-state index is 0.565. The first kappa shape index (κ1) is 15.1. The van der Waals surface area contributed by atoms with Gasteiger partial charge in [-0.3, -0.25) is 0 Å². The van der Waals surface area contributed by atoms with E-state index in [2.05, 4.69) is 59.4 Å². The summed E-state index contributed by atoms with van der Waals surface area (Å²) >= 11 is 3.49. The van der Waals surface area contributed by atoms with Gasteiger partial charge in [-0.15, -0.1) is 0 Å². The third-order valence-electron chi connectivity index (χ3n) is 4.47. The van der Waals surface area contributed by atoms with Gasteiger partial charge >= 0.3 is 0 Å². The van der Waals surface area contributed by atoms with Crippen molar-refractivity contribution in [3.8, 4) is 0 Å². The summed E-state index contributed by atoms with van der Waals surface area (Å²) in [7, 11) is 0. The first-order valence-electron chi connectivity index (χ1n) is 7.63. The Labute approximate surface area is 126 Å². The summed E-state index contributed by atoms with van der Waals surface area (Å²) < 4.78 is 1.16. The third-order valence-corrected chi connectivity index (χ3v) is 5.00. The molecule has 2 rings (SSSR count). The Morgan fingerprint density at radius 1 is 1.21 bits per heavy atom. The Kier molecular flexibility index (Phi) is 5.90. The maximum absolute atomic E-state index is 3.73. The average molecular weight is 324 g/mol. The van der Waals surface area contributed by atoms with Crippen molar-refractivity contribution in [1.29, 1.82) is 0 Å². The molecule has 0 heterocycles. The lowest BCUT2D eigenvalue weighted by Crippen LogP contribution is -2.35. The molecule has 1 aliphatic carbocycles. The highest BCUT2D eigenvalue weighted by molar-refractivity contribution is 9.10. The highest BCUT2D eigenvalue weighted by Crippen LogP contribution is 2.28. The van der Waals surface area contributed by atoms with Crippen LogP contribution in [0.4, 0.5) is 0 Å². The van der Waals surface area contributed by atoms with Gasteiger partial charge in [0.25, 0.3) is 0 Å². The van der Waals surface area contributed by atoms with Crippen LogP contribution in [0.2, 0.25) is 0 Å².